The molecule has 0 radical (unpaired) electrons. The van der Waals surface area contributed by atoms with Crippen LogP contribution in [-0.2, 0) is 16.1 Å². The Hall–Kier alpha value is -1.99. The molecule has 1 aromatic carbocycles. The Balaban J connectivity index is 1.56. The van der Waals surface area contributed by atoms with E-state index in [-0.39, 0.29) is 12.7 Å². The Morgan fingerprint density at radius 2 is 1.95 bits per heavy atom. The minimum atomic E-state index is -0.248. The van der Waals surface area contributed by atoms with Crippen LogP contribution in [0.5, 0.6) is 0 Å². The summed E-state index contributed by atoms with van der Waals surface area (Å²) in [7, 11) is 0. The maximum atomic E-state index is 11.9. The van der Waals surface area contributed by atoms with Gasteiger partial charge in [0.05, 0.1) is 13.2 Å². The van der Waals surface area contributed by atoms with Crippen LogP contribution in [0.2, 0.25) is 0 Å². The highest BCUT2D eigenvalue weighted by molar-refractivity contribution is 5.67. The van der Waals surface area contributed by atoms with Gasteiger partial charge in [0.1, 0.15) is 6.61 Å². The lowest BCUT2D eigenvalue weighted by molar-refractivity contribution is 0.0437. The van der Waals surface area contributed by atoms with E-state index in [4.69, 9.17) is 15.9 Å². The van der Waals surface area contributed by atoms with Crippen molar-refractivity contribution < 1.29 is 14.3 Å². The number of piperidine rings is 1. The number of hydrogen-bond acceptors (Lipinski definition) is 3. The van der Waals surface area contributed by atoms with Crippen LogP contribution in [-0.4, -0.2) is 37.3 Å². The van der Waals surface area contributed by atoms with Crippen molar-refractivity contribution in [1.82, 2.24) is 4.90 Å². The normalized spacial score (nSPS) is 15.3. The number of carbonyl (C=O) groups is 1. The Kier molecular flexibility index (Phi) is 6.79. The third-order valence-electron chi connectivity index (χ3n) is 3.84. The maximum Gasteiger partial charge on any atom is 0.409 e. The predicted molar refractivity (Wildman–Crippen MR) is 85.2 cm³/mol. The van der Waals surface area contributed by atoms with Crippen LogP contribution < -0.4 is 0 Å². The van der Waals surface area contributed by atoms with Gasteiger partial charge in [-0.25, -0.2) is 4.79 Å². The number of ether oxygens (including phenoxy) is 2. The fourth-order valence-corrected chi connectivity index (χ4v) is 2.53. The zero-order valence-electron chi connectivity index (χ0n) is 12.9. The molecule has 1 aliphatic heterocycles. The topological polar surface area (TPSA) is 38.8 Å². The van der Waals surface area contributed by atoms with Gasteiger partial charge in [-0.1, -0.05) is 30.3 Å². The van der Waals surface area contributed by atoms with Gasteiger partial charge in [-0.3, -0.25) is 0 Å². The first-order valence-electron chi connectivity index (χ1n) is 7.76. The molecule has 0 bridgehead atoms. The molecule has 0 N–H and O–H groups in total. The van der Waals surface area contributed by atoms with Gasteiger partial charge in [0.2, 0.25) is 0 Å². The van der Waals surface area contributed by atoms with Gasteiger partial charge in [-0.15, -0.1) is 12.3 Å². The van der Waals surface area contributed by atoms with Crippen LogP contribution in [0.25, 0.3) is 0 Å². The first-order chi connectivity index (χ1) is 10.8. The number of rotatable bonds is 6. The summed E-state index contributed by atoms with van der Waals surface area (Å²) in [5, 5.41) is 0. The predicted octanol–water partition coefficient (Wildman–Crippen LogP) is 3.08. The SMILES string of the molecule is C#CCC1CCN(C(=O)OCCOCc2ccccc2)CC1. The van der Waals surface area contributed by atoms with E-state index in [0.717, 1.165) is 37.9 Å². The average Bonchev–Trinajstić information content (AvgIpc) is 2.56. The average molecular weight is 301 g/mol. The van der Waals surface area contributed by atoms with Crippen molar-refractivity contribution in [2.45, 2.75) is 25.9 Å². The molecule has 0 unspecified atom stereocenters. The number of nitrogens with zero attached hydrogens (tertiary/aromatic N) is 1. The van der Waals surface area contributed by atoms with Crippen LogP contribution in [0.15, 0.2) is 30.3 Å². The van der Waals surface area contributed by atoms with Crippen LogP contribution in [0.4, 0.5) is 4.79 Å². The highest BCUT2D eigenvalue weighted by atomic mass is 16.6. The third-order valence-corrected chi connectivity index (χ3v) is 3.84. The standard InChI is InChI=1S/C18H23NO3/c1-2-6-16-9-11-19(12-10-16)18(20)22-14-13-21-15-17-7-4-3-5-8-17/h1,3-5,7-8,16H,6,9-15H2. The second kappa shape index (κ2) is 9.11. The summed E-state index contributed by atoms with van der Waals surface area (Å²) in [5.41, 5.74) is 1.12. The number of carbonyl (C=O) groups excluding carboxylic acids is 1. The highest BCUT2D eigenvalue weighted by Crippen LogP contribution is 2.20. The summed E-state index contributed by atoms with van der Waals surface area (Å²) >= 11 is 0. The number of amides is 1. The molecular formula is C18H23NO3. The van der Waals surface area contributed by atoms with E-state index in [9.17, 15) is 4.79 Å². The molecule has 0 saturated carbocycles. The summed E-state index contributed by atoms with van der Waals surface area (Å²) in [6, 6.07) is 9.93. The van der Waals surface area contributed by atoms with E-state index in [1.807, 2.05) is 30.3 Å². The van der Waals surface area contributed by atoms with E-state index < -0.39 is 0 Å². The van der Waals surface area contributed by atoms with Gasteiger partial charge in [0.15, 0.2) is 0 Å². The van der Waals surface area contributed by atoms with Crippen molar-refractivity contribution in [3.8, 4) is 12.3 Å². The molecule has 4 nitrogen and oxygen atoms in total. The Bertz CT molecular complexity index is 487. The van der Waals surface area contributed by atoms with Crippen molar-refractivity contribution in [2.24, 2.45) is 5.92 Å². The molecule has 118 valence electrons. The molecule has 0 atom stereocenters. The molecule has 1 heterocycles. The summed E-state index contributed by atoms with van der Waals surface area (Å²) in [5.74, 6) is 3.24. The van der Waals surface area contributed by atoms with Gasteiger partial charge < -0.3 is 14.4 Å². The molecule has 0 aliphatic carbocycles. The Labute approximate surface area is 132 Å². The first-order valence-corrected chi connectivity index (χ1v) is 7.76. The molecular weight excluding hydrogens is 278 g/mol. The van der Waals surface area contributed by atoms with Gasteiger partial charge in [-0.05, 0) is 24.3 Å². The van der Waals surface area contributed by atoms with Gasteiger partial charge in [0.25, 0.3) is 0 Å². The second-order valence-corrected chi connectivity index (χ2v) is 5.49. The maximum absolute atomic E-state index is 11.9. The number of likely N-dealkylation sites (tertiary alicyclic amines) is 1. The van der Waals surface area contributed by atoms with Crippen molar-refractivity contribution in [2.75, 3.05) is 26.3 Å². The second-order valence-electron chi connectivity index (χ2n) is 5.49. The van der Waals surface area contributed by atoms with Crippen molar-refractivity contribution >= 4 is 6.09 Å². The minimum Gasteiger partial charge on any atom is -0.447 e. The van der Waals surface area contributed by atoms with Crippen LogP contribution in [0.1, 0.15) is 24.8 Å². The zero-order valence-corrected chi connectivity index (χ0v) is 12.9. The monoisotopic (exact) mass is 301 g/mol. The van der Waals surface area contributed by atoms with Gasteiger partial charge in [-0.2, -0.15) is 0 Å². The quantitative estimate of drug-likeness (QED) is 0.599. The molecule has 1 saturated heterocycles. The Morgan fingerprint density at radius 1 is 1.23 bits per heavy atom. The molecule has 1 fully saturated rings. The lowest BCUT2D eigenvalue weighted by atomic mass is 9.94. The first kappa shape index (κ1) is 16.4. The number of terminal acetylenes is 1. The molecule has 0 aromatic heterocycles. The van der Waals surface area contributed by atoms with Crippen LogP contribution in [0.3, 0.4) is 0 Å². The van der Waals surface area contributed by atoms with E-state index in [2.05, 4.69) is 5.92 Å². The van der Waals surface area contributed by atoms with Gasteiger partial charge >= 0.3 is 6.09 Å². The summed E-state index contributed by atoms with van der Waals surface area (Å²) in [6.45, 7) is 2.70. The molecule has 1 amide bonds. The lowest BCUT2D eigenvalue weighted by Crippen LogP contribution is -2.39. The minimum absolute atomic E-state index is 0.248. The zero-order chi connectivity index (χ0) is 15.6. The van der Waals surface area contributed by atoms with E-state index in [1.54, 1.807) is 4.90 Å². The van der Waals surface area contributed by atoms with Crippen LogP contribution in [0, 0.1) is 18.3 Å². The molecule has 2 rings (SSSR count). The third kappa shape index (κ3) is 5.42. The lowest BCUT2D eigenvalue weighted by Gasteiger charge is -2.30. The fraction of sp³-hybridized carbons (Fsp3) is 0.500. The smallest absolute Gasteiger partial charge is 0.409 e. The molecule has 1 aliphatic rings. The summed E-state index contributed by atoms with van der Waals surface area (Å²) in [4.78, 5) is 13.7. The highest BCUT2D eigenvalue weighted by Gasteiger charge is 2.22. The van der Waals surface area contributed by atoms with E-state index in [1.165, 1.54) is 0 Å². The van der Waals surface area contributed by atoms with E-state index in [0.29, 0.717) is 19.1 Å². The molecule has 22 heavy (non-hydrogen) atoms. The molecule has 0 spiro atoms. The van der Waals surface area contributed by atoms with E-state index >= 15 is 0 Å². The summed E-state index contributed by atoms with van der Waals surface area (Å²) < 4.78 is 10.7. The van der Waals surface area contributed by atoms with Crippen molar-refractivity contribution in [1.29, 1.82) is 0 Å². The van der Waals surface area contributed by atoms with Gasteiger partial charge in [0, 0.05) is 19.5 Å². The number of hydrogen-bond donors (Lipinski definition) is 0. The largest absolute Gasteiger partial charge is 0.447 e. The van der Waals surface area contributed by atoms with Crippen molar-refractivity contribution in [3.63, 3.8) is 0 Å². The molecule has 1 aromatic rings. The molecule has 4 heteroatoms. The fourth-order valence-electron chi connectivity index (χ4n) is 2.53. The number of benzene rings is 1. The van der Waals surface area contributed by atoms with Crippen LogP contribution >= 0.6 is 0 Å². The Morgan fingerprint density at radius 3 is 2.64 bits per heavy atom. The summed E-state index contributed by atoms with van der Waals surface area (Å²) in [6.07, 6.45) is 7.80. The van der Waals surface area contributed by atoms with Crippen molar-refractivity contribution in [3.05, 3.63) is 35.9 Å².